The fourth-order valence-electron chi connectivity index (χ4n) is 2.79. The van der Waals surface area contributed by atoms with Crippen LogP contribution in [-0.4, -0.2) is 41.9 Å². The minimum Gasteiger partial charge on any atom is -0.494 e. The van der Waals surface area contributed by atoms with Crippen molar-refractivity contribution < 1.29 is 9.53 Å². The molecule has 1 aliphatic heterocycles. The highest BCUT2D eigenvalue weighted by atomic mass is 16.5. The zero-order valence-electron chi connectivity index (χ0n) is 13.5. The molecule has 1 aliphatic rings. The molecule has 1 aromatic heterocycles. The molecule has 122 valence electrons. The van der Waals surface area contributed by atoms with Crippen LogP contribution in [0, 0.1) is 6.92 Å². The second kappa shape index (κ2) is 6.83. The van der Waals surface area contributed by atoms with Crippen LogP contribution in [0.25, 0.3) is 5.69 Å². The number of ether oxygens (including phenoxy) is 1. The molecule has 6 heteroatoms. The van der Waals surface area contributed by atoms with E-state index in [0.717, 1.165) is 42.9 Å². The quantitative estimate of drug-likeness (QED) is 0.901. The third-order valence-electron chi connectivity index (χ3n) is 4.03. The fraction of sp³-hybridized carbons (Fsp3) is 0.412. The van der Waals surface area contributed by atoms with Crippen molar-refractivity contribution in [1.82, 2.24) is 20.4 Å². The van der Waals surface area contributed by atoms with Crippen LogP contribution < -0.4 is 15.4 Å². The number of hydrogen-bond acceptors (Lipinski definition) is 4. The molecule has 0 saturated carbocycles. The van der Waals surface area contributed by atoms with Gasteiger partial charge in [0.1, 0.15) is 11.4 Å². The molecule has 2 heterocycles. The van der Waals surface area contributed by atoms with Gasteiger partial charge in [-0.15, -0.1) is 0 Å². The first kappa shape index (κ1) is 15.6. The summed E-state index contributed by atoms with van der Waals surface area (Å²) in [6.07, 6.45) is 3.87. The van der Waals surface area contributed by atoms with E-state index in [9.17, 15) is 4.79 Å². The summed E-state index contributed by atoms with van der Waals surface area (Å²) in [5, 5.41) is 10.7. The van der Waals surface area contributed by atoms with Crippen LogP contribution in [0.5, 0.6) is 5.75 Å². The molecule has 0 spiro atoms. The standard InChI is InChI=1S/C17H22N4O2/c1-12-5-6-16(23-2)15(10-12)21-9-7-14(20-21)17(22)19-13-4-3-8-18-11-13/h5-7,9-10,13,18H,3-4,8,11H2,1-2H3,(H,19,22). The second-order valence-corrected chi connectivity index (χ2v) is 5.84. The van der Waals surface area contributed by atoms with Gasteiger partial charge in [0.05, 0.1) is 7.11 Å². The lowest BCUT2D eigenvalue weighted by Gasteiger charge is -2.23. The zero-order chi connectivity index (χ0) is 16.2. The van der Waals surface area contributed by atoms with Gasteiger partial charge >= 0.3 is 0 Å². The first-order valence-corrected chi connectivity index (χ1v) is 7.89. The molecule has 6 nitrogen and oxygen atoms in total. The predicted molar refractivity (Wildman–Crippen MR) is 88.2 cm³/mol. The molecule has 1 unspecified atom stereocenters. The average Bonchev–Trinajstić information content (AvgIpc) is 3.06. The maximum atomic E-state index is 12.3. The Bertz CT molecular complexity index is 690. The van der Waals surface area contributed by atoms with Crippen molar-refractivity contribution in [2.45, 2.75) is 25.8 Å². The van der Waals surface area contributed by atoms with Crippen molar-refractivity contribution in [3.63, 3.8) is 0 Å². The Morgan fingerprint density at radius 1 is 1.43 bits per heavy atom. The normalized spacial score (nSPS) is 17.7. The van der Waals surface area contributed by atoms with Crippen LogP contribution in [0.3, 0.4) is 0 Å². The van der Waals surface area contributed by atoms with E-state index in [4.69, 9.17) is 4.74 Å². The van der Waals surface area contributed by atoms with Crippen LogP contribution in [0.4, 0.5) is 0 Å². The third-order valence-corrected chi connectivity index (χ3v) is 4.03. The molecule has 1 aromatic carbocycles. The highest BCUT2D eigenvalue weighted by molar-refractivity contribution is 5.92. The summed E-state index contributed by atoms with van der Waals surface area (Å²) in [6.45, 7) is 3.85. The van der Waals surface area contributed by atoms with E-state index in [1.54, 1.807) is 24.1 Å². The second-order valence-electron chi connectivity index (χ2n) is 5.84. The zero-order valence-corrected chi connectivity index (χ0v) is 13.5. The Labute approximate surface area is 135 Å². The monoisotopic (exact) mass is 314 g/mol. The Balaban J connectivity index is 1.77. The Morgan fingerprint density at radius 3 is 3.04 bits per heavy atom. The summed E-state index contributed by atoms with van der Waals surface area (Å²) in [5.41, 5.74) is 2.35. The van der Waals surface area contributed by atoms with E-state index >= 15 is 0 Å². The highest BCUT2D eigenvalue weighted by Crippen LogP contribution is 2.23. The van der Waals surface area contributed by atoms with Crippen molar-refractivity contribution in [2.24, 2.45) is 0 Å². The van der Waals surface area contributed by atoms with E-state index < -0.39 is 0 Å². The molecule has 0 aliphatic carbocycles. The van der Waals surface area contributed by atoms with Gasteiger partial charge in [-0.05, 0) is 50.1 Å². The van der Waals surface area contributed by atoms with E-state index in [2.05, 4.69) is 15.7 Å². The van der Waals surface area contributed by atoms with Crippen molar-refractivity contribution in [3.8, 4) is 11.4 Å². The Kier molecular flexibility index (Phi) is 4.62. The minimum absolute atomic E-state index is 0.135. The number of rotatable bonds is 4. The van der Waals surface area contributed by atoms with E-state index in [1.165, 1.54) is 0 Å². The van der Waals surface area contributed by atoms with Crippen molar-refractivity contribution in [2.75, 3.05) is 20.2 Å². The number of nitrogens with one attached hydrogen (secondary N) is 2. The molecule has 1 amide bonds. The molecule has 3 rings (SSSR count). The van der Waals surface area contributed by atoms with Gasteiger partial charge in [0.2, 0.25) is 0 Å². The van der Waals surface area contributed by atoms with Crippen molar-refractivity contribution in [1.29, 1.82) is 0 Å². The van der Waals surface area contributed by atoms with E-state index in [0.29, 0.717) is 5.69 Å². The van der Waals surface area contributed by atoms with Gasteiger partial charge in [-0.25, -0.2) is 4.68 Å². The molecule has 1 atom stereocenters. The summed E-state index contributed by atoms with van der Waals surface area (Å²) in [4.78, 5) is 12.3. The summed E-state index contributed by atoms with van der Waals surface area (Å²) in [6, 6.07) is 7.77. The molecule has 0 radical (unpaired) electrons. The van der Waals surface area contributed by atoms with Gasteiger partial charge in [0.15, 0.2) is 5.69 Å². The maximum absolute atomic E-state index is 12.3. The number of aromatic nitrogens is 2. The molecule has 2 N–H and O–H groups in total. The number of aryl methyl sites for hydroxylation is 1. The van der Waals surface area contributed by atoms with Crippen molar-refractivity contribution in [3.05, 3.63) is 41.7 Å². The molecular weight excluding hydrogens is 292 g/mol. The SMILES string of the molecule is COc1ccc(C)cc1-n1ccc(C(=O)NC2CCCNC2)n1. The van der Waals surface area contributed by atoms with Crippen molar-refractivity contribution >= 4 is 5.91 Å². The molecule has 1 saturated heterocycles. The lowest BCUT2D eigenvalue weighted by molar-refractivity contribution is 0.0925. The summed E-state index contributed by atoms with van der Waals surface area (Å²) < 4.78 is 7.06. The van der Waals surface area contributed by atoms with Gasteiger partial charge in [-0.2, -0.15) is 5.10 Å². The topological polar surface area (TPSA) is 68.2 Å². The molecular formula is C17H22N4O2. The van der Waals surface area contributed by atoms with Gasteiger partial charge in [-0.1, -0.05) is 6.07 Å². The number of piperidine rings is 1. The van der Waals surface area contributed by atoms with Gasteiger partial charge in [0, 0.05) is 18.8 Å². The first-order chi connectivity index (χ1) is 11.2. The van der Waals surface area contributed by atoms with E-state index in [-0.39, 0.29) is 11.9 Å². The Morgan fingerprint density at radius 2 is 2.30 bits per heavy atom. The van der Waals surface area contributed by atoms with Gasteiger partial charge in [0.25, 0.3) is 5.91 Å². The molecule has 1 fully saturated rings. The van der Waals surface area contributed by atoms with Crippen LogP contribution in [-0.2, 0) is 0 Å². The number of carbonyl (C=O) groups excluding carboxylic acids is 1. The number of nitrogens with zero attached hydrogens (tertiary/aromatic N) is 2. The fourth-order valence-corrected chi connectivity index (χ4v) is 2.79. The molecule has 23 heavy (non-hydrogen) atoms. The number of methoxy groups -OCH3 is 1. The Hall–Kier alpha value is -2.34. The summed E-state index contributed by atoms with van der Waals surface area (Å²) in [5.74, 6) is 0.589. The summed E-state index contributed by atoms with van der Waals surface area (Å²) in [7, 11) is 1.63. The number of hydrogen-bond donors (Lipinski definition) is 2. The average molecular weight is 314 g/mol. The lowest BCUT2D eigenvalue weighted by Crippen LogP contribution is -2.45. The summed E-state index contributed by atoms with van der Waals surface area (Å²) >= 11 is 0. The molecule has 2 aromatic rings. The van der Waals surface area contributed by atoms with Crippen LogP contribution >= 0.6 is 0 Å². The smallest absolute Gasteiger partial charge is 0.272 e. The largest absolute Gasteiger partial charge is 0.494 e. The number of benzene rings is 1. The molecule has 0 bridgehead atoms. The van der Waals surface area contributed by atoms with Gasteiger partial charge < -0.3 is 15.4 Å². The number of carbonyl (C=O) groups is 1. The maximum Gasteiger partial charge on any atom is 0.272 e. The highest BCUT2D eigenvalue weighted by Gasteiger charge is 2.18. The first-order valence-electron chi connectivity index (χ1n) is 7.89. The number of amides is 1. The van der Waals surface area contributed by atoms with Crippen LogP contribution in [0.1, 0.15) is 28.9 Å². The van der Waals surface area contributed by atoms with E-state index in [1.807, 2.05) is 25.1 Å². The van der Waals surface area contributed by atoms with Gasteiger partial charge in [-0.3, -0.25) is 4.79 Å². The van der Waals surface area contributed by atoms with Crippen LogP contribution in [0.2, 0.25) is 0 Å². The predicted octanol–water partition coefficient (Wildman–Crippen LogP) is 1.67. The minimum atomic E-state index is -0.135. The van der Waals surface area contributed by atoms with Crippen LogP contribution in [0.15, 0.2) is 30.5 Å². The third kappa shape index (κ3) is 3.53. The lowest BCUT2D eigenvalue weighted by atomic mass is 10.1.